The van der Waals surface area contributed by atoms with E-state index >= 15 is 0 Å². The Bertz CT molecular complexity index is 882. The third kappa shape index (κ3) is 3.58. The van der Waals surface area contributed by atoms with Crippen LogP contribution in [0.15, 0.2) is 53.2 Å². The number of aromatic nitrogens is 1. The van der Waals surface area contributed by atoms with Crippen LogP contribution in [0.5, 0.6) is 0 Å². The van der Waals surface area contributed by atoms with Crippen molar-refractivity contribution in [3.8, 4) is 9.88 Å². The van der Waals surface area contributed by atoms with Crippen molar-refractivity contribution in [2.24, 2.45) is 0 Å². The van der Waals surface area contributed by atoms with E-state index < -0.39 is 4.92 Å². The highest BCUT2D eigenvalue weighted by atomic mass is 32.1. The van der Waals surface area contributed by atoms with Gasteiger partial charge in [-0.25, -0.2) is 4.98 Å². The average Bonchev–Trinajstić information content (AvgIpc) is 3.23. The van der Waals surface area contributed by atoms with Crippen molar-refractivity contribution in [1.82, 2.24) is 4.98 Å². The standard InChI is InChI=1S/C16H10N2O3S2/c19-14(11-3-1-4-13(9-11)18(20)21)7-6-12-10-23-16(17-12)15-5-2-8-22-15/h1-10H. The third-order valence-corrected chi connectivity index (χ3v) is 4.90. The van der Waals surface area contributed by atoms with Gasteiger partial charge in [0.15, 0.2) is 5.78 Å². The maximum absolute atomic E-state index is 12.1. The number of ketones is 1. The van der Waals surface area contributed by atoms with E-state index in [1.807, 2.05) is 22.9 Å². The number of benzene rings is 1. The largest absolute Gasteiger partial charge is 0.289 e. The fourth-order valence-electron chi connectivity index (χ4n) is 1.91. The van der Waals surface area contributed by atoms with Crippen molar-refractivity contribution in [3.63, 3.8) is 0 Å². The summed E-state index contributed by atoms with van der Waals surface area (Å²) >= 11 is 3.12. The van der Waals surface area contributed by atoms with E-state index in [1.54, 1.807) is 23.5 Å². The number of carbonyl (C=O) groups is 1. The molecule has 0 bridgehead atoms. The molecule has 0 N–H and O–H groups in total. The molecule has 0 spiro atoms. The fraction of sp³-hybridized carbons (Fsp3) is 0. The molecule has 3 aromatic rings. The molecule has 0 saturated carbocycles. The topological polar surface area (TPSA) is 73.1 Å². The molecule has 0 saturated heterocycles. The zero-order valence-electron chi connectivity index (χ0n) is 11.7. The molecule has 2 aromatic heterocycles. The van der Waals surface area contributed by atoms with Crippen LogP contribution >= 0.6 is 22.7 Å². The van der Waals surface area contributed by atoms with E-state index in [9.17, 15) is 14.9 Å². The third-order valence-electron chi connectivity index (χ3n) is 3.00. The predicted octanol–water partition coefficient (Wildman–Crippen LogP) is 4.68. The second-order valence-electron chi connectivity index (χ2n) is 4.56. The first-order chi connectivity index (χ1) is 11.1. The minimum Gasteiger partial charge on any atom is -0.289 e. The van der Waals surface area contributed by atoms with Gasteiger partial charge < -0.3 is 0 Å². The molecule has 0 fully saturated rings. The Morgan fingerprint density at radius 3 is 2.83 bits per heavy atom. The number of carbonyl (C=O) groups excluding carboxylic acids is 1. The number of allylic oxidation sites excluding steroid dienone is 1. The van der Waals surface area contributed by atoms with Gasteiger partial charge in [-0.2, -0.15) is 0 Å². The number of nitro benzene ring substituents is 1. The first-order valence-electron chi connectivity index (χ1n) is 6.60. The monoisotopic (exact) mass is 342 g/mol. The molecule has 2 heterocycles. The first-order valence-corrected chi connectivity index (χ1v) is 8.36. The van der Waals surface area contributed by atoms with Crippen molar-refractivity contribution in [2.75, 3.05) is 0 Å². The lowest BCUT2D eigenvalue weighted by atomic mass is 10.1. The minimum atomic E-state index is -0.520. The van der Waals surface area contributed by atoms with Crippen molar-refractivity contribution < 1.29 is 9.72 Å². The molecular formula is C16H10N2O3S2. The Kier molecular flexibility index (Phi) is 4.40. The average molecular weight is 342 g/mol. The molecule has 0 aliphatic heterocycles. The molecule has 7 heteroatoms. The van der Waals surface area contributed by atoms with Crippen LogP contribution in [0.2, 0.25) is 0 Å². The summed E-state index contributed by atoms with van der Waals surface area (Å²) in [6.07, 6.45) is 3.00. The van der Waals surface area contributed by atoms with E-state index in [-0.39, 0.29) is 17.0 Å². The molecule has 0 amide bonds. The Balaban J connectivity index is 1.76. The number of nitrogens with zero attached hydrogens (tertiary/aromatic N) is 2. The van der Waals surface area contributed by atoms with Gasteiger partial charge in [-0.3, -0.25) is 14.9 Å². The van der Waals surface area contributed by atoms with Crippen LogP contribution in [-0.2, 0) is 0 Å². The van der Waals surface area contributed by atoms with Gasteiger partial charge >= 0.3 is 0 Å². The Morgan fingerprint density at radius 1 is 1.22 bits per heavy atom. The maximum atomic E-state index is 12.1. The highest BCUT2D eigenvalue weighted by Gasteiger charge is 2.09. The minimum absolute atomic E-state index is 0.0992. The van der Waals surface area contributed by atoms with E-state index in [2.05, 4.69) is 4.98 Å². The molecule has 0 unspecified atom stereocenters. The van der Waals surface area contributed by atoms with Crippen LogP contribution in [0.4, 0.5) is 5.69 Å². The van der Waals surface area contributed by atoms with Gasteiger partial charge in [-0.15, -0.1) is 22.7 Å². The van der Waals surface area contributed by atoms with Crippen molar-refractivity contribution >= 4 is 40.2 Å². The lowest BCUT2D eigenvalue weighted by Gasteiger charge is -1.95. The van der Waals surface area contributed by atoms with Crippen LogP contribution in [0.25, 0.3) is 16.0 Å². The van der Waals surface area contributed by atoms with Crippen molar-refractivity contribution in [1.29, 1.82) is 0 Å². The summed E-state index contributed by atoms with van der Waals surface area (Å²) in [7, 11) is 0. The molecule has 3 rings (SSSR count). The van der Waals surface area contributed by atoms with Gasteiger partial charge in [-0.05, 0) is 23.6 Å². The van der Waals surface area contributed by atoms with Crippen molar-refractivity contribution in [3.05, 3.63) is 74.6 Å². The van der Waals surface area contributed by atoms with Crippen LogP contribution in [0.3, 0.4) is 0 Å². The SMILES string of the molecule is O=C(C=Cc1csc(-c2cccs2)n1)c1cccc([N+](=O)[O-])c1. The fourth-order valence-corrected chi connectivity index (χ4v) is 3.51. The van der Waals surface area contributed by atoms with Gasteiger partial charge in [0.2, 0.25) is 0 Å². The first kappa shape index (κ1) is 15.3. The summed E-state index contributed by atoms with van der Waals surface area (Å²) in [5.74, 6) is -0.292. The van der Waals surface area contributed by atoms with Gasteiger partial charge in [0, 0.05) is 23.1 Å². The summed E-state index contributed by atoms with van der Waals surface area (Å²) in [6.45, 7) is 0. The smallest absolute Gasteiger partial charge is 0.270 e. The number of nitro groups is 1. The second-order valence-corrected chi connectivity index (χ2v) is 6.37. The second kappa shape index (κ2) is 6.64. The molecule has 0 atom stereocenters. The van der Waals surface area contributed by atoms with Gasteiger partial charge in [0.25, 0.3) is 5.69 Å². The van der Waals surface area contributed by atoms with Crippen molar-refractivity contribution in [2.45, 2.75) is 0 Å². The van der Waals surface area contributed by atoms with E-state index in [0.717, 1.165) is 9.88 Å². The summed E-state index contributed by atoms with van der Waals surface area (Å²) in [5.41, 5.74) is 0.874. The molecule has 0 aliphatic carbocycles. The maximum Gasteiger partial charge on any atom is 0.270 e. The molecule has 0 radical (unpaired) electrons. The molecular weight excluding hydrogens is 332 g/mol. The van der Waals surface area contributed by atoms with Gasteiger partial charge in [0.05, 0.1) is 15.5 Å². The lowest BCUT2D eigenvalue weighted by Crippen LogP contribution is -1.96. The van der Waals surface area contributed by atoms with Gasteiger partial charge in [-0.1, -0.05) is 18.2 Å². The molecule has 23 heavy (non-hydrogen) atoms. The quantitative estimate of drug-likeness (QED) is 0.292. The number of thiazole rings is 1. The summed E-state index contributed by atoms with van der Waals surface area (Å²) in [5, 5.41) is 15.5. The van der Waals surface area contributed by atoms with E-state index in [0.29, 0.717) is 5.69 Å². The molecule has 114 valence electrons. The molecule has 0 aliphatic rings. The van der Waals surface area contributed by atoms with Crippen LogP contribution in [-0.4, -0.2) is 15.7 Å². The Labute approximate surface area is 139 Å². The van der Waals surface area contributed by atoms with E-state index in [1.165, 1.54) is 35.6 Å². The van der Waals surface area contributed by atoms with Crippen LogP contribution in [0, 0.1) is 10.1 Å². The molecule has 1 aromatic carbocycles. The molecule has 5 nitrogen and oxygen atoms in total. The number of non-ortho nitro benzene ring substituents is 1. The predicted molar refractivity (Wildman–Crippen MR) is 91.9 cm³/mol. The van der Waals surface area contributed by atoms with Crippen LogP contribution < -0.4 is 0 Å². The number of hydrogen-bond donors (Lipinski definition) is 0. The van der Waals surface area contributed by atoms with E-state index in [4.69, 9.17) is 0 Å². The summed E-state index contributed by atoms with van der Waals surface area (Å²) in [4.78, 5) is 27.8. The number of thiophene rings is 1. The normalized spacial score (nSPS) is 11.0. The van der Waals surface area contributed by atoms with Gasteiger partial charge in [0.1, 0.15) is 5.01 Å². The van der Waals surface area contributed by atoms with Crippen LogP contribution in [0.1, 0.15) is 16.1 Å². The summed E-state index contributed by atoms with van der Waals surface area (Å²) < 4.78 is 0. The zero-order valence-corrected chi connectivity index (χ0v) is 13.3. The highest BCUT2D eigenvalue weighted by molar-refractivity contribution is 7.20. The highest BCUT2D eigenvalue weighted by Crippen LogP contribution is 2.28. The Morgan fingerprint density at radius 2 is 2.09 bits per heavy atom. The number of hydrogen-bond acceptors (Lipinski definition) is 6. The number of rotatable bonds is 5. The summed E-state index contributed by atoms with van der Waals surface area (Å²) in [6, 6.07) is 9.63. The Hall–Kier alpha value is -2.64. The lowest BCUT2D eigenvalue weighted by molar-refractivity contribution is -0.384. The zero-order chi connectivity index (χ0) is 16.2.